The summed E-state index contributed by atoms with van der Waals surface area (Å²) in [6.07, 6.45) is 9.53. The molecule has 31 heavy (non-hydrogen) atoms. The Morgan fingerprint density at radius 2 is 1.61 bits per heavy atom. The molecule has 2 fully saturated rings. The summed E-state index contributed by atoms with van der Waals surface area (Å²) < 4.78 is 5.61. The van der Waals surface area contributed by atoms with E-state index in [4.69, 9.17) is 4.42 Å². The van der Waals surface area contributed by atoms with Gasteiger partial charge in [0.2, 0.25) is 0 Å². The molecule has 1 N–H and O–H groups in total. The topological polar surface area (TPSA) is 78.7 Å². The van der Waals surface area contributed by atoms with Crippen LogP contribution in [0.1, 0.15) is 65.8 Å². The Labute approximate surface area is 183 Å². The Morgan fingerprint density at radius 1 is 0.935 bits per heavy atom. The Balaban J connectivity index is 1.45. The number of amides is 2. The van der Waals surface area contributed by atoms with E-state index < -0.39 is 0 Å². The molecule has 4 rings (SSSR count). The van der Waals surface area contributed by atoms with Crippen molar-refractivity contribution in [2.24, 2.45) is 0 Å². The first-order valence-electron chi connectivity index (χ1n) is 11.6. The molecular formula is C24H32N4O3. The summed E-state index contributed by atoms with van der Waals surface area (Å²) in [5, 5.41) is 2.98. The smallest absolute Gasteiger partial charge is 0.273 e. The van der Waals surface area contributed by atoms with Gasteiger partial charge in [-0.05, 0) is 51.3 Å². The van der Waals surface area contributed by atoms with Crippen LogP contribution in [0.25, 0.3) is 11.3 Å². The Kier molecular flexibility index (Phi) is 7.35. The average molecular weight is 425 g/mol. The number of carbonyl (C=O) groups excluding carboxylic acids is 2. The molecule has 0 spiro atoms. The van der Waals surface area contributed by atoms with Crippen molar-refractivity contribution in [2.75, 3.05) is 39.3 Å². The number of rotatable bonds is 6. The van der Waals surface area contributed by atoms with Crippen LogP contribution in [0, 0.1) is 0 Å². The van der Waals surface area contributed by atoms with Gasteiger partial charge in [-0.25, -0.2) is 4.98 Å². The van der Waals surface area contributed by atoms with Crippen molar-refractivity contribution < 1.29 is 14.0 Å². The van der Waals surface area contributed by atoms with E-state index in [1.807, 2.05) is 23.1 Å². The van der Waals surface area contributed by atoms with Crippen LogP contribution in [0.3, 0.4) is 0 Å². The van der Waals surface area contributed by atoms with Crippen LogP contribution in [0.4, 0.5) is 0 Å². The van der Waals surface area contributed by atoms with Crippen LogP contribution in [0.2, 0.25) is 0 Å². The molecule has 0 aliphatic carbocycles. The lowest BCUT2D eigenvalue weighted by Crippen LogP contribution is -2.36. The number of hydrogen-bond donors (Lipinski definition) is 1. The number of aromatic nitrogens is 1. The molecule has 166 valence electrons. The quantitative estimate of drug-likeness (QED) is 0.767. The molecule has 3 heterocycles. The minimum Gasteiger partial charge on any atom is -0.443 e. The molecule has 0 unspecified atom stereocenters. The predicted octanol–water partition coefficient (Wildman–Crippen LogP) is 3.57. The van der Waals surface area contributed by atoms with Crippen LogP contribution in [-0.2, 0) is 0 Å². The summed E-state index contributed by atoms with van der Waals surface area (Å²) in [5.74, 6) is 0.0752. The molecule has 7 nitrogen and oxygen atoms in total. The summed E-state index contributed by atoms with van der Waals surface area (Å²) in [7, 11) is 0. The maximum absolute atomic E-state index is 13.1. The normalized spacial score (nSPS) is 17.9. The molecule has 0 saturated carbocycles. The van der Waals surface area contributed by atoms with Gasteiger partial charge >= 0.3 is 0 Å². The van der Waals surface area contributed by atoms with Gasteiger partial charge in [0.15, 0.2) is 17.8 Å². The van der Waals surface area contributed by atoms with Gasteiger partial charge in [0, 0.05) is 31.7 Å². The molecule has 2 saturated heterocycles. The third-order valence-corrected chi connectivity index (χ3v) is 6.24. The van der Waals surface area contributed by atoms with E-state index in [0.29, 0.717) is 23.4 Å². The zero-order valence-corrected chi connectivity index (χ0v) is 18.1. The van der Waals surface area contributed by atoms with Crippen LogP contribution in [0.5, 0.6) is 0 Å². The second-order valence-corrected chi connectivity index (χ2v) is 8.44. The monoisotopic (exact) mass is 424 g/mol. The summed E-state index contributed by atoms with van der Waals surface area (Å²) in [5.41, 5.74) is 1.41. The van der Waals surface area contributed by atoms with E-state index in [1.54, 1.807) is 6.07 Å². The number of benzene rings is 1. The summed E-state index contributed by atoms with van der Waals surface area (Å²) in [6, 6.07) is 7.32. The molecule has 0 radical (unpaired) electrons. The van der Waals surface area contributed by atoms with Gasteiger partial charge in [-0.15, -0.1) is 0 Å². The fraction of sp³-hybridized carbons (Fsp3) is 0.542. The van der Waals surface area contributed by atoms with Crippen molar-refractivity contribution in [2.45, 2.75) is 44.9 Å². The highest BCUT2D eigenvalue weighted by Gasteiger charge is 2.25. The highest BCUT2D eigenvalue weighted by atomic mass is 16.3. The zero-order chi connectivity index (χ0) is 21.5. The third kappa shape index (κ3) is 5.34. The molecule has 2 amide bonds. The van der Waals surface area contributed by atoms with E-state index in [1.165, 1.54) is 32.1 Å². The lowest BCUT2D eigenvalue weighted by molar-refractivity contribution is 0.0724. The lowest BCUT2D eigenvalue weighted by atomic mass is 10.0. The van der Waals surface area contributed by atoms with Crippen molar-refractivity contribution in [1.82, 2.24) is 20.1 Å². The Bertz CT molecular complexity index is 880. The second-order valence-electron chi connectivity index (χ2n) is 8.44. The predicted molar refractivity (Wildman–Crippen MR) is 119 cm³/mol. The van der Waals surface area contributed by atoms with Crippen molar-refractivity contribution in [3.05, 3.63) is 41.9 Å². The van der Waals surface area contributed by atoms with Gasteiger partial charge in [0.05, 0.1) is 5.56 Å². The number of oxazole rings is 1. The Hall–Kier alpha value is -2.67. The summed E-state index contributed by atoms with van der Waals surface area (Å²) >= 11 is 0. The highest BCUT2D eigenvalue weighted by Crippen LogP contribution is 2.28. The number of nitrogens with zero attached hydrogens (tertiary/aromatic N) is 3. The molecule has 1 aromatic heterocycles. The number of likely N-dealkylation sites (tertiary alicyclic amines) is 2. The fourth-order valence-electron chi connectivity index (χ4n) is 4.50. The summed E-state index contributed by atoms with van der Waals surface area (Å²) in [4.78, 5) is 34.4. The number of nitrogens with one attached hydrogen (secondary N) is 1. The van der Waals surface area contributed by atoms with Gasteiger partial charge < -0.3 is 19.5 Å². The molecule has 1 aromatic carbocycles. The van der Waals surface area contributed by atoms with Crippen molar-refractivity contribution >= 4 is 11.8 Å². The SMILES string of the molecule is O=C(NCCN1CCCCCC1)c1ncoc1-c1ccccc1C(=O)N1CCCCC1. The third-order valence-electron chi connectivity index (χ3n) is 6.24. The van der Waals surface area contributed by atoms with Crippen LogP contribution < -0.4 is 5.32 Å². The van der Waals surface area contributed by atoms with E-state index in [2.05, 4.69) is 15.2 Å². The molecule has 2 aliphatic heterocycles. The van der Waals surface area contributed by atoms with Gasteiger partial charge in [0.1, 0.15) is 0 Å². The van der Waals surface area contributed by atoms with Crippen LogP contribution >= 0.6 is 0 Å². The summed E-state index contributed by atoms with van der Waals surface area (Å²) in [6.45, 7) is 5.14. The minimum atomic E-state index is -0.265. The fourth-order valence-corrected chi connectivity index (χ4v) is 4.50. The van der Waals surface area contributed by atoms with Gasteiger partial charge in [0.25, 0.3) is 11.8 Å². The lowest BCUT2D eigenvalue weighted by Gasteiger charge is -2.27. The van der Waals surface area contributed by atoms with Crippen LogP contribution in [-0.4, -0.2) is 65.9 Å². The molecule has 0 atom stereocenters. The first kappa shape index (κ1) is 21.6. The Morgan fingerprint density at radius 3 is 2.39 bits per heavy atom. The highest BCUT2D eigenvalue weighted by molar-refractivity contribution is 6.04. The van der Waals surface area contributed by atoms with Gasteiger partial charge in [-0.3, -0.25) is 9.59 Å². The van der Waals surface area contributed by atoms with Crippen molar-refractivity contribution in [3.63, 3.8) is 0 Å². The number of piperidine rings is 1. The standard InChI is InChI=1S/C24H32N4O3/c29-23(25-12-17-27-13-6-1-2-7-14-27)21-22(31-18-26-21)19-10-4-5-11-20(19)24(30)28-15-8-3-9-16-28/h4-5,10-11,18H,1-3,6-9,12-17H2,(H,25,29). The largest absolute Gasteiger partial charge is 0.443 e. The van der Waals surface area contributed by atoms with Crippen molar-refractivity contribution in [1.29, 1.82) is 0 Å². The maximum Gasteiger partial charge on any atom is 0.273 e. The van der Waals surface area contributed by atoms with Gasteiger partial charge in [-0.2, -0.15) is 0 Å². The maximum atomic E-state index is 13.1. The average Bonchev–Trinajstić information content (AvgIpc) is 3.16. The number of hydrogen-bond acceptors (Lipinski definition) is 5. The van der Waals surface area contributed by atoms with E-state index in [-0.39, 0.29) is 17.5 Å². The van der Waals surface area contributed by atoms with E-state index in [9.17, 15) is 9.59 Å². The molecule has 2 aliphatic rings. The molecule has 0 bridgehead atoms. The first-order valence-corrected chi connectivity index (χ1v) is 11.6. The zero-order valence-electron chi connectivity index (χ0n) is 18.1. The van der Waals surface area contributed by atoms with Crippen molar-refractivity contribution in [3.8, 4) is 11.3 Å². The molecule has 7 heteroatoms. The van der Waals surface area contributed by atoms with E-state index >= 15 is 0 Å². The van der Waals surface area contributed by atoms with Crippen LogP contribution in [0.15, 0.2) is 35.1 Å². The minimum absolute atomic E-state index is 0.0146. The molecular weight excluding hydrogens is 392 g/mol. The second kappa shape index (κ2) is 10.6. The first-order chi connectivity index (χ1) is 15.2. The van der Waals surface area contributed by atoms with E-state index in [0.717, 1.165) is 52.0 Å². The van der Waals surface area contributed by atoms with Gasteiger partial charge in [-0.1, -0.05) is 31.0 Å². The number of carbonyl (C=O) groups is 2. The molecule has 2 aromatic rings.